The van der Waals surface area contributed by atoms with E-state index in [1.807, 2.05) is 0 Å². The average Bonchev–Trinajstić information content (AvgIpc) is 2.35. The van der Waals surface area contributed by atoms with E-state index in [0.717, 1.165) is 4.47 Å². The second kappa shape index (κ2) is 5.84. The molecule has 19 heavy (non-hydrogen) atoms. The van der Waals surface area contributed by atoms with E-state index < -0.39 is 0 Å². The van der Waals surface area contributed by atoms with E-state index in [1.54, 1.807) is 30.3 Å². The monoisotopic (exact) mass is 322 g/mol. The van der Waals surface area contributed by atoms with E-state index in [0.29, 0.717) is 16.8 Å². The first-order chi connectivity index (χ1) is 9.04. The molecule has 0 aromatic heterocycles. The van der Waals surface area contributed by atoms with Gasteiger partial charge in [0.05, 0.1) is 0 Å². The van der Waals surface area contributed by atoms with Crippen LogP contribution in [0.2, 0.25) is 0 Å². The molecule has 0 fully saturated rings. The quantitative estimate of drug-likeness (QED) is 0.853. The minimum absolute atomic E-state index is 0.253. The summed E-state index contributed by atoms with van der Waals surface area (Å²) in [7, 11) is 0. The largest absolute Gasteiger partial charge is 0.399 e. The zero-order chi connectivity index (χ0) is 13.8. The number of carbonyl (C=O) groups excluding carboxylic acids is 1. The maximum atomic E-state index is 13.0. The number of rotatable bonds is 3. The zero-order valence-corrected chi connectivity index (χ0v) is 11.6. The van der Waals surface area contributed by atoms with Crippen LogP contribution in [0.4, 0.5) is 10.1 Å². The van der Waals surface area contributed by atoms with Crippen molar-refractivity contribution in [2.24, 2.45) is 0 Å². The molecular weight excluding hydrogens is 311 g/mol. The molecule has 0 aliphatic rings. The van der Waals surface area contributed by atoms with Gasteiger partial charge in [-0.15, -0.1) is 0 Å². The lowest BCUT2D eigenvalue weighted by molar-refractivity contribution is 0.0951. The van der Waals surface area contributed by atoms with Crippen LogP contribution in [0.3, 0.4) is 0 Å². The lowest BCUT2D eigenvalue weighted by Crippen LogP contribution is -2.22. The molecule has 0 heterocycles. The Kier molecular flexibility index (Phi) is 4.16. The minimum atomic E-state index is -0.321. The summed E-state index contributed by atoms with van der Waals surface area (Å²) in [4.78, 5) is 11.9. The van der Waals surface area contributed by atoms with Gasteiger partial charge in [0.15, 0.2) is 0 Å². The molecule has 0 aliphatic carbocycles. The van der Waals surface area contributed by atoms with Gasteiger partial charge in [-0.2, -0.15) is 0 Å². The van der Waals surface area contributed by atoms with Crippen molar-refractivity contribution in [3.63, 3.8) is 0 Å². The van der Waals surface area contributed by atoms with Crippen LogP contribution in [0.5, 0.6) is 0 Å². The first kappa shape index (κ1) is 13.5. The Morgan fingerprint density at radius 3 is 2.74 bits per heavy atom. The number of carbonyl (C=O) groups is 1. The Balaban J connectivity index is 2.05. The van der Waals surface area contributed by atoms with Crippen LogP contribution in [0.15, 0.2) is 46.9 Å². The molecule has 0 saturated heterocycles. The van der Waals surface area contributed by atoms with Gasteiger partial charge in [0.2, 0.25) is 0 Å². The summed E-state index contributed by atoms with van der Waals surface area (Å²) in [6, 6.07) is 11.1. The highest BCUT2D eigenvalue weighted by atomic mass is 79.9. The van der Waals surface area contributed by atoms with Gasteiger partial charge in [-0.3, -0.25) is 4.79 Å². The fourth-order valence-electron chi connectivity index (χ4n) is 1.67. The second-order valence-electron chi connectivity index (χ2n) is 4.09. The molecule has 98 valence electrons. The summed E-state index contributed by atoms with van der Waals surface area (Å²) in [5.41, 5.74) is 7.34. The van der Waals surface area contributed by atoms with Gasteiger partial charge in [0.25, 0.3) is 5.91 Å². The van der Waals surface area contributed by atoms with Crippen molar-refractivity contribution in [3.8, 4) is 0 Å². The fraction of sp³-hybridized carbons (Fsp3) is 0.0714. The van der Waals surface area contributed by atoms with Gasteiger partial charge >= 0.3 is 0 Å². The summed E-state index contributed by atoms with van der Waals surface area (Å²) < 4.78 is 13.7. The van der Waals surface area contributed by atoms with Crippen LogP contribution in [-0.4, -0.2) is 5.91 Å². The number of halogens is 2. The third-order valence-corrected chi connectivity index (χ3v) is 2.98. The van der Waals surface area contributed by atoms with Crippen LogP contribution in [0.25, 0.3) is 0 Å². The number of nitrogens with two attached hydrogens (primary N) is 1. The van der Waals surface area contributed by atoms with E-state index in [2.05, 4.69) is 21.2 Å². The van der Waals surface area contributed by atoms with E-state index in [-0.39, 0.29) is 18.3 Å². The first-order valence-corrected chi connectivity index (χ1v) is 6.42. The molecule has 0 aliphatic heterocycles. The van der Waals surface area contributed by atoms with E-state index in [1.165, 1.54) is 12.1 Å². The number of nitrogen functional groups attached to an aromatic ring is 1. The number of hydrogen-bond donors (Lipinski definition) is 2. The topological polar surface area (TPSA) is 55.1 Å². The van der Waals surface area contributed by atoms with Gasteiger partial charge in [-0.25, -0.2) is 4.39 Å². The highest BCUT2D eigenvalue weighted by Gasteiger charge is 2.07. The van der Waals surface area contributed by atoms with Crippen LogP contribution < -0.4 is 11.1 Å². The summed E-state index contributed by atoms with van der Waals surface area (Å²) >= 11 is 3.28. The Labute approximate surface area is 118 Å². The van der Waals surface area contributed by atoms with E-state index in [9.17, 15) is 9.18 Å². The molecule has 0 spiro atoms. The van der Waals surface area contributed by atoms with Gasteiger partial charge < -0.3 is 11.1 Å². The molecule has 0 saturated carbocycles. The fourth-order valence-corrected chi connectivity index (χ4v) is 2.19. The van der Waals surface area contributed by atoms with E-state index >= 15 is 0 Å². The molecule has 3 N–H and O–H groups in total. The number of benzene rings is 2. The maximum Gasteiger partial charge on any atom is 0.251 e. The molecule has 5 heteroatoms. The Morgan fingerprint density at radius 1 is 1.26 bits per heavy atom. The van der Waals surface area contributed by atoms with Gasteiger partial charge in [-0.05, 0) is 35.9 Å². The second-order valence-corrected chi connectivity index (χ2v) is 5.00. The molecule has 2 aromatic carbocycles. The lowest BCUT2D eigenvalue weighted by atomic mass is 10.1. The van der Waals surface area contributed by atoms with Gasteiger partial charge in [0, 0.05) is 22.3 Å². The third-order valence-electron chi connectivity index (χ3n) is 2.52. The van der Waals surface area contributed by atoms with Crippen LogP contribution in [0, 0.1) is 5.82 Å². The predicted molar refractivity (Wildman–Crippen MR) is 76.1 cm³/mol. The molecule has 2 aromatic rings. The van der Waals surface area contributed by atoms with Crippen molar-refractivity contribution in [3.05, 3.63) is 63.9 Å². The Hall–Kier alpha value is -1.88. The summed E-state index contributed by atoms with van der Waals surface area (Å²) in [5, 5.41) is 2.71. The zero-order valence-electron chi connectivity index (χ0n) is 9.99. The van der Waals surface area contributed by atoms with Crippen molar-refractivity contribution in [1.82, 2.24) is 5.32 Å². The third kappa shape index (κ3) is 3.79. The van der Waals surface area contributed by atoms with Crippen molar-refractivity contribution in [2.75, 3.05) is 5.73 Å². The van der Waals surface area contributed by atoms with Crippen LogP contribution >= 0.6 is 15.9 Å². The normalized spacial score (nSPS) is 10.2. The lowest BCUT2D eigenvalue weighted by Gasteiger charge is -2.07. The SMILES string of the molecule is Nc1cc(Br)cc(C(=O)NCc2cccc(F)c2)c1. The molecule has 0 radical (unpaired) electrons. The molecular formula is C14H12BrFN2O. The summed E-state index contributed by atoms with van der Waals surface area (Å²) in [5.74, 6) is -0.573. The van der Waals surface area contributed by atoms with E-state index in [4.69, 9.17) is 5.73 Å². The molecule has 0 atom stereocenters. The summed E-state index contributed by atoms with van der Waals surface area (Å²) in [6.07, 6.45) is 0. The highest BCUT2D eigenvalue weighted by molar-refractivity contribution is 9.10. The van der Waals surface area contributed by atoms with Crippen LogP contribution in [0.1, 0.15) is 15.9 Å². The first-order valence-electron chi connectivity index (χ1n) is 5.63. The molecule has 1 amide bonds. The predicted octanol–water partition coefficient (Wildman–Crippen LogP) is 3.10. The average molecular weight is 323 g/mol. The number of amides is 1. The molecule has 0 unspecified atom stereocenters. The van der Waals surface area contributed by atoms with Crippen molar-refractivity contribution < 1.29 is 9.18 Å². The smallest absolute Gasteiger partial charge is 0.251 e. The summed E-state index contributed by atoms with van der Waals surface area (Å²) in [6.45, 7) is 0.267. The number of nitrogens with one attached hydrogen (secondary N) is 1. The Morgan fingerprint density at radius 2 is 2.05 bits per heavy atom. The van der Waals surface area contributed by atoms with Crippen molar-refractivity contribution in [1.29, 1.82) is 0 Å². The minimum Gasteiger partial charge on any atom is -0.399 e. The Bertz CT molecular complexity index is 596. The van der Waals surface area contributed by atoms with Crippen molar-refractivity contribution >= 4 is 27.5 Å². The molecule has 0 bridgehead atoms. The molecule has 3 nitrogen and oxygen atoms in total. The van der Waals surface area contributed by atoms with Crippen molar-refractivity contribution in [2.45, 2.75) is 6.54 Å². The van der Waals surface area contributed by atoms with Gasteiger partial charge in [0.1, 0.15) is 5.82 Å². The van der Waals surface area contributed by atoms with Crippen LogP contribution in [-0.2, 0) is 6.54 Å². The standard InChI is InChI=1S/C14H12BrFN2O/c15-11-5-10(6-13(17)7-11)14(19)18-8-9-2-1-3-12(16)4-9/h1-7H,8,17H2,(H,18,19). The number of anilines is 1. The molecule has 2 rings (SSSR count). The van der Waals surface area contributed by atoms with Gasteiger partial charge in [-0.1, -0.05) is 28.1 Å². The maximum absolute atomic E-state index is 13.0. The highest BCUT2D eigenvalue weighted by Crippen LogP contribution is 2.17. The number of hydrogen-bond acceptors (Lipinski definition) is 2.